The van der Waals surface area contributed by atoms with Crippen LogP contribution in [0.1, 0.15) is 30.4 Å². The third-order valence-electron chi connectivity index (χ3n) is 3.82. The van der Waals surface area contributed by atoms with Crippen LogP contribution in [0.5, 0.6) is 0 Å². The van der Waals surface area contributed by atoms with Gasteiger partial charge < -0.3 is 15.8 Å². The van der Waals surface area contributed by atoms with Gasteiger partial charge in [0.15, 0.2) is 0 Å². The molecule has 5 heteroatoms. The molecule has 5 nitrogen and oxygen atoms in total. The maximum Gasteiger partial charge on any atom is 0.224 e. The highest BCUT2D eigenvalue weighted by atomic mass is 16.6. The predicted octanol–water partition coefficient (Wildman–Crippen LogP) is 0.519. The van der Waals surface area contributed by atoms with Crippen molar-refractivity contribution < 1.29 is 9.53 Å². The predicted molar refractivity (Wildman–Crippen MR) is 70.3 cm³/mol. The largest absolute Gasteiger partial charge is 0.370 e. The van der Waals surface area contributed by atoms with Crippen LogP contribution in [0.2, 0.25) is 0 Å². The molecule has 1 saturated carbocycles. The van der Waals surface area contributed by atoms with E-state index in [0.717, 1.165) is 30.4 Å². The Kier molecular flexibility index (Phi) is 3.48. The number of carbonyl (C=O) groups is 1. The van der Waals surface area contributed by atoms with Crippen LogP contribution in [0.4, 0.5) is 0 Å². The molecule has 3 rings (SSSR count). The van der Waals surface area contributed by atoms with Crippen LogP contribution < -0.4 is 11.1 Å². The molecule has 1 aliphatic carbocycles. The zero-order chi connectivity index (χ0) is 13.2. The third-order valence-corrected chi connectivity index (χ3v) is 3.82. The Balaban J connectivity index is 1.52. The molecule has 1 aromatic rings. The molecule has 3 N–H and O–H groups in total. The van der Waals surface area contributed by atoms with Gasteiger partial charge in [0, 0.05) is 25.0 Å². The average Bonchev–Trinajstić information content (AvgIpc) is 3.17. The van der Waals surface area contributed by atoms with Gasteiger partial charge in [0.05, 0.1) is 18.6 Å². The van der Waals surface area contributed by atoms with Gasteiger partial charge in [-0.05, 0) is 30.4 Å². The lowest BCUT2D eigenvalue weighted by atomic mass is 9.95. The number of amides is 1. The van der Waals surface area contributed by atoms with E-state index in [-0.39, 0.29) is 11.9 Å². The molecular formula is C14H19N3O2. The fourth-order valence-electron chi connectivity index (χ4n) is 2.75. The van der Waals surface area contributed by atoms with Crippen molar-refractivity contribution in [1.82, 2.24) is 10.3 Å². The van der Waals surface area contributed by atoms with E-state index in [1.165, 1.54) is 0 Å². The van der Waals surface area contributed by atoms with Gasteiger partial charge in [-0.25, -0.2) is 0 Å². The number of fused-ring (bicyclic) bond motifs is 1. The lowest BCUT2D eigenvalue weighted by Gasteiger charge is -2.20. The molecule has 0 bridgehead atoms. The normalized spacial score (nSPS) is 28.6. The van der Waals surface area contributed by atoms with Crippen LogP contribution in [0.3, 0.4) is 0 Å². The van der Waals surface area contributed by atoms with Crippen LogP contribution in [-0.2, 0) is 22.5 Å². The Morgan fingerprint density at radius 2 is 2.21 bits per heavy atom. The lowest BCUT2D eigenvalue weighted by Crippen LogP contribution is -2.38. The van der Waals surface area contributed by atoms with Crippen molar-refractivity contribution in [2.24, 2.45) is 5.73 Å². The number of epoxide rings is 1. The van der Waals surface area contributed by atoms with E-state index >= 15 is 0 Å². The second kappa shape index (κ2) is 5.27. The van der Waals surface area contributed by atoms with E-state index in [1.54, 1.807) is 12.4 Å². The second-order valence-corrected chi connectivity index (χ2v) is 5.37. The van der Waals surface area contributed by atoms with Gasteiger partial charge in [0.1, 0.15) is 0 Å². The molecule has 1 amide bonds. The summed E-state index contributed by atoms with van der Waals surface area (Å²) in [6.45, 7) is 0.450. The molecular weight excluding hydrogens is 242 g/mol. The minimum absolute atomic E-state index is 0.0556. The van der Waals surface area contributed by atoms with Gasteiger partial charge in [-0.15, -0.1) is 0 Å². The van der Waals surface area contributed by atoms with Crippen molar-refractivity contribution >= 4 is 5.91 Å². The third kappa shape index (κ3) is 3.11. The van der Waals surface area contributed by atoms with Crippen molar-refractivity contribution in [2.45, 2.75) is 50.5 Å². The number of pyridine rings is 1. The number of rotatable bonds is 4. The van der Waals surface area contributed by atoms with E-state index in [9.17, 15) is 4.79 Å². The zero-order valence-electron chi connectivity index (χ0n) is 10.8. The summed E-state index contributed by atoms with van der Waals surface area (Å²) >= 11 is 0. The van der Waals surface area contributed by atoms with Crippen LogP contribution in [0.25, 0.3) is 0 Å². The van der Waals surface area contributed by atoms with Gasteiger partial charge >= 0.3 is 0 Å². The van der Waals surface area contributed by atoms with Gasteiger partial charge in [-0.1, -0.05) is 6.07 Å². The highest BCUT2D eigenvalue weighted by Crippen LogP contribution is 2.36. The smallest absolute Gasteiger partial charge is 0.224 e. The molecule has 2 aliphatic rings. The minimum Gasteiger partial charge on any atom is -0.370 e. The van der Waals surface area contributed by atoms with Crippen molar-refractivity contribution in [3.8, 4) is 0 Å². The van der Waals surface area contributed by atoms with Crippen LogP contribution in [-0.4, -0.2) is 29.1 Å². The van der Waals surface area contributed by atoms with Gasteiger partial charge in [0.2, 0.25) is 5.91 Å². The summed E-state index contributed by atoms with van der Waals surface area (Å²) in [5.41, 5.74) is 7.43. The Morgan fingerprint density at radius 1 is 1.37 bits per heavy atom. The highest BCUT2D eigenvalue weighted by Gasteiger charge is 2.44. The molecule has 0 aromatic carbocycles. The van der Waals surface area contributed by atoms with Gasteiger partial charge in [-0.2, -0.15) is 0 Å². The summed E-state index contributed by atoms with van der Waals surface area (Å²) in [5.74, 6) is 0.0556. The molecule has 1 saturated heterocycles. The Hall–Kier alpha value is -1.46. The van der Waals surface area contributed by atoms with Crippen molar-refractivity contribution in [3.05, 3.63) is 29.6 Å². The molecule has 2 fully saturated rings. The topological polar surface area (TPSA) is 80.5 Å². The fraction of sp³-hybridized carbons (Fsp3) is 0.571. The minimum atomic E-state index is 0.0556. The number of nitrogens with zero attached hydrogens (tertiary/aromatic N) is 1. The van der Waals surface area contributed by atoms with Crippen molar-refractivity contribution in [2.75, 3.05) is 0 Å². The van der Waals surface area contributed by atoms with E-state index in [4.69, 9.17) is 10.5 Å². The summed E-state index contributed by atoms with van der Waals surface area (Å²) in [5, 5.41) is 3.08. The molecule has 102 valence electrons. The standard InChI is InChI=1S/C14H19N3O2/c15-6-10-3-9(7-16-8-10)4-14(18)17-11-1-2-12-13(5-11)19-12/h3,7-8,11-13H,1-2,4-6,15H2,(H,17,18)/t11-,12-,13-/m1/s1. The zero-order valence-corrected chi connectivity index (χ0v) is 10.8. The molecule has 0 spiro atoms. The number of nitrogens with two attached hydrogens (primary N) is 1. The number of hydrogen-bond donors (Lipinski definition) is 2. The average molecular weight is 261 g/mol. The summed E-state index contributed by atoms with van der Waals surface area (Å²) in [6, 6.07) is 2.20. The monoisotopic (exact) mass is 261 g/mol. The fourth-order valence-corrected chi connectivity index (χ4v) is 2.75. The lowest BCUT2D eigenvalue weighted by molar-refractivity contribution is -0.121. The summed E-state index contributed by atoms with van der Waals surface area (Å²) in [7, 11) is 0. The van der Waals surface area contributed by atoms with Gasteiger partial charge in [0.25, 0.3) is 0 Å². The summed E-state index contributed by atoms with van der Waals surface area (Å²) < 4.78 is 5.46. The van der Waals surface area contributed by atoms with Crippen LogP contribution >= 0.6 is 0 Å². The van der Waals surface area contributed by atoms with E-state index in [1.807, 2.05) is 6.07 Å². The molecule has 3 atom stereocenters. The SMILES string of the molecule is NCc1cncc(CC(=O)N[C@@H]2CC[C@H]3O[C@@H]3C2)c1. The van der Waals surface area contributed by atoms with Crippen molar-refractivity contribution in [1.29, 1.82) is 0 Å². The number of aromatic nitrogens is 1. The van der Waals surface area contributed by atoms with E-state index < -0.39 is 0 Å². The molecule has 0 unspecified atom stereocenters. The molecule has 19 heavy (non-hydrogen) atoms. The Bertz CT molecular complexity index is 478. The van der Waals surface area contributed by atoms with Crippen LogP contribution in [0, 0.1) is 0 Å². The summed E-state index contributed by atoms with van der Waals surface area (Å²) in [4.78, 5) is 16.1. The van der Waals surface area contributed by atoms with Crippen molar-refractivity contribution in [3.63, 3.8) is 0 Å². The Labute approximate surface area is 112 Å². The molecule has 2 heterocycles. The van der Waals surface area contributed by atoms with E-state index in [0.29, 0.717) is 25.2 Å². The van der Waals surface area contributed by atoms with Crippen LogP contribution in [0.15, 0.2) is 18.5 Å². The van der Waals surface area contributed by atoms with Gasteiger partial charge in [-0.3, -0.25) is 9.78 Å². The maximum absolute atomic E-state index is 12.0. The summed E-state index contributed by atoms with van der Waals surface area (Å²) in [6.07, 6.45) is 7.73. The molecule has 0 radical (unpaired) electrons. The first-order chi connectivity index (χ1) is 9.24. The first-order valence-electron chi connectivity index (χ1n) is 6.82. The first kappa shape index (κ1) is 12.6. The second-order valence-electron chi connectivity index (χ2n) is 5.37. The number of hydrogen-bond acceptors (Lipinski definition) is 4. The highest BCUT2D eigenvalue weighted by molar-refractivity contribution is 5.78. The number of nitrogens with one attached hydrogen (secondary N) is 1. The number of ether oxygens (including phenoxy) is 1. The quantitative estimate of drug-likeness (QED) is 0.774. The number of carbonyl (C=O) groups excluding carboxylic acids is 1. The molecule has 1 aliphatic heterocycles. The first-order valence-corrected chi connectivity index (χ1v) is 6.82. The Morgan fingerprint density at radius 3 is 3.00 bits per heavy atom. The maximum atomic E-state index is 12.0. The van der Waals surface area contributed by atoms with E-state index in [2.05, 4.69) is 10.3 Å². The molecule has 1 aromatic heterocycles.